The second-order valence-electron chi connectivity index (χ2n) is 5.85. The maximum Gasteiger partial charge on any atom is 0.258 e. The number of likely N-dealkylation sites (tertiary alicyclic amines) is 1. The molecule has 3 rings (SSSR count). The van der Waals surface area contributed by atoms with Crippen molar-refractivity contribution in [3.8, 4) is 11.5 Å². The number of hydrogen-bond donors (Lipinski definition) is 0. The summed E-state index contributed by atoms with van der Waals surface area (Å²) in [7, 11) is 2.16. The molecule has 4 heteroatoms. The van der Waals surface area contributed by atoms with E-state index in [0.717, 1.165) is 37.3 Å². The molecule has 2 heterocycles. The highest BCUT2D eigenvalue weighted by Crippen LogP contribution is 2.28. The van der Waals surface area contributed by atoms with Crippen LogP contribution in [0, 0.1) is 13.8 Å². The Balaban J connectivity index is 0.000000671. The molecule has 0 amide bonds. The van der Waals surface area contributed by atoms with Gasteiger partial charge in [-0.1, -0.05) is 50.5 Å². The first-order valence-corrected chi connectivity index (χ1v) is 9.23. The number of nitrogens with zero attached hydrogens (tertiary/aromatic N) is 3. The van der Waals surface area contributed by atoms with E-state index in [-0.39, 0.29) is 0 Å². The Morgan fingerprint density at radius 2 is 1.67 bits per heavy atom. The Labute approximate surface area is 147 Å². The second-order valence-corrected chi connectivity index (χ2v) is 5.85. The van der Waals surface area contributed by atoms with Crippen molar-refractivity contribution in [3.05, 3.63) is 35.2 Å². The van der Waals surface area contributed by atoms with Crippen molar-refractivity contribution < 1.29 is 4.52 Å². The van der Waals surface area contributed by atoms with Gasteiger partial charge in [0.25, 0.3) is 5.89 Å². The average Bonchev–Trinajstić information content (AvgIpc) is 3.09. The van der Waals surface area contributed by atoms with Gasteiger partial charge in [0.2, 0.25) is 0 Å². The minimum absolute atomic E-state index is 0.439. The van der Waals surface area contributed by atoms with Crippen molar-refractivity contribution in [3.63, 3.8) is 0 Å². The van der Waals surface area contributed by atoms with Crippen LogP contribution in [0.1, 0.15) is 63.4 Å². The minimum atomic E-state index is 0.439. The van der Waals surface area contributed by atoms with Crippen molar-refractivity contribution in [1.29, 1.82) is 0 Å². The van der Waals surface area contributed by atoms with Crippen LogP contribution in [-0.2, 0) is 0 Å². The lowest BCUT2D eigenvalue weighted by Gasteiger charge is -2.26. The van der Waals surface area contributed by atoms with Crippen molar-refractivity contribution in [1.82, 2.24) is 15.0 Å². The normalized spacial score (nSPS) is 15.1. The van der Waals surface area contributed by atoms with E-state index in [9.17, 15) is 0 Å². The van der Waals surface area contributed by atoms with Gasteiger partial charge in [0.05, 0.1) is 0 Å². The van der Waals surface area contributed by atoms with E-state index in [0.29, 0.717) is 11.8 Å². The monoisotopic (exact) mass is 331 g/mol. The van der Waals surface area contributed by atoms with Crippen molar-refractivity contribution in [2.24, 2.45) is 0 Å². The topological polar surface area (TPSA) is 42.2 Å². The summed E-state index contributed by atoms with van der Waals surface area (Å²) in [4.78, 5) is 6.97. The summed E-state index contributed by atoms with van der Waals surface area (Å²) in [5, 5.41) is 4.20. The zero-order chi connectivity index (χ0) is 18.1. The van der Waals surface area contributed by atoms with Gasteiger partial charge >= 0.3 is 0 Å². The number of aromatic nitrogens is 2. The van der Waals surface area contributed by atoms with Gasteiger partial charge in [0, 0.05) is 11.5 Å². The van der Waals surface area contributed by atoms with E-state index >= 15 is 0 Å². The minimum Gasteiger partial charge on any atom is -0.334 e. The quantitative estimate of drug-likeness (QED) is 0.757. The van der Waals surface area contributed by atoms with Gasteiger partial charge in [0.1, 0.15) is 0 Å². The molecule has 1 fully saturated rings. The third-order valence-corrected chi connectivity index (χ3v) is 4.14. The summed E-state index contributed by atoms with van der Waals surface area (Å²) in [5.41, 5.74) is 3.48. The smallest absolute Gasteiger partial charge is 0.258 e. The lowest BCUT2D eigenvalue weighted by Crippen LogP contribution is -2.29. The standard InChI is InChI=1S/C16H21N3O.2C2H6/c1-11-4-5-14(12(2)10-11)16-17-15(18-20-16)13-6-8-19(3)9-7-13;2*1-2/h4-5,10,13H,6-9H2,1-3H3;2*1-2H3. The maximum atomic E-state index is 5.48. The van der Waals surface area contributed by atoms with E-state index in [1.54, 1.807) is 0 Å². The molecule has 0 radical (unpaired) electrons. The SMILES string of the molecule is CC.CC.Cc1ccc(-c2nc(C3CCN(C)CC3)no2)c(C)c1. The van der Waals surface area contributed by atoms with E-state index in [1.807, 2.05) is 27.7 Å². The molecule has 0 N–H and O–H groups in total. The first-order chi connectivity index (χ1) is 11.6. The summed E-state index contributed by atoms with van der Waals surface area (Å²) < 4.78 is 5.48. The van der Waals surface area contributed by atoms with Crippen LogP contribution in [0.3, 0.4) is 0 Å². The van der Waals surface area contributed by atoms with Crippen LogP contribution in [0.5, 0.6) is 0 Å². The van der Waals surface area contributed by atoms with Gasteiger partial charge in [-0.05, 0) is 58.5 Å². The van der Waals surface area contributed by atoms with Crippen LogP contribution >= 0.6 is 0 Å². The predicted octanol–water partition coefficient (Wildman–Crippen LogP) is 5.22. The van der Waals surface area contributed by atoms with Crippen LogP contribution < -0.4 is 0 Å². The fraction of sp³-hybridized carbons (Fsp3) is 0.600. The van der Waals surface area contributed by atoms with E-state index in [1.165, 1.54) is 11.1 Å². The fourth-order valence-electron chi connectivity index (χ4n) is 2.83. The molecule has 0 unspecified atom stereocenters. The Morgan fingerprint density at radius 1 is 1.04 bits per heavy atom. The van der Waals surface area contributed by atoms with Gasteiger partial charge < -0.3 is 9.42 Å². The molecule has 0 spiro atoms. The van der Waals surface area contributed by atoms with E-state index < -0.39 is 0 Å². The van der Waals surface area contributed by atoms with Gasteiger partial charge in [-0.3, -0.25) is 0 Å². The van der Waals surface area contributed by atoms with Crippen molar-refractivity contribution >= 4 is 0 Å². The molecule has 0 saturated carbocycles. The molecule has 24 heavy (non-hydrogen) atoms. The molecule has 2 aromatic rings. The molecule has 0 aliphatic carbocycles. The van der Waals surface area contributed by atoms with Crippen molar-refractivity contribution in [2.75, 3.05) is 20.1 Å². The molecule has 1 aliphatic rings. The maximum absolute atomic E-state index is 5.48. The largest absolute Gasteiger partial charge is 0.334 e. The molecular weight excluding hydrogens is 298 g/mol. The zero-order valence-electron chi connectivity index (χ0n) is 16.4. The highest BCUT2D eigenvalue weighted by atomic mass is 16.5. The summed E-state index contributed by atoms with van der Waals surface area (Å²) in [6.07, 6.45) is 2.23. The number of benzene rings is 1. The van der Waals surface area contributed by atoms with Crippen LogP contribution in [-0.4, -0.2) is 35.2 Å². The van der Waals surface area contributed by atoms with Gasteiger partial charge in [0.15, 0.2) is 5.82 Å². The number of hydrogen-bond acceptors (Lipinski definition) is 4. The first-order valence-electron chi connectivity index (χ1n) is 9.23. The van der Waals surface area contributed by atoms with E-state index in [4.69, 9.17) is 4.52 Å². The predicted molar refractivity (Wildman–Crippen MR) is 101 cm³/mol. The lowest BCUT2D eigenvalue weighted by atomic mass is 9.96. The third kappa shape index (κ3) is 5.17. The molecule has 4 nitrogen and oxygen atoms in total. The summed E-state index contributed by atoms with van der Waals surface area (Å²) >= 11 is 0. The average molecular weight is 332 g/mol. The molecule has 1 saturated heterocycles. The van der Waals surface area contributed by atoms with Crippen LogP contribution in [0.15, 0.2) is 22.7 Å². The molecule has 134 valence electrons. The molecule has 1 aliphatic heterocycles. The second kappa shape index (κ2) is 10.2. The molecular formula is C20H33N3O. The number of piperidine rings is 1. The lowest BCUT2D eigenvalue weighted by molar-refractivity contribution is 0.248. The molecule has 0 atom stereocenters. The molecule has 1 aromatic carbocycles. The molecule has 0 bridgehead atoms. The van der Waals surface area contributed by atoms with Crippen LogP contribution in [0.25, 0.3) is 11.5 Å². The van der Waals surface area contributed by atoms with E-state index in [2.05, 4.69) is 54.1 Å². The fourth-order valence-corrected chi connectivity index (χ4v) is 2.83. The van der Waals surface area contributed by atoms with Crippen molar-refractivity contribution in [2.45, 2.75) is 60.3 Å². The Bertz CT molecular complexity index is 599. The van der Waals surface area contributed by atoms with Crippen LogP contribution in [0.2, 0.25) is 0 Å². The van der Waals surface area contributed by atoms with Gasteiger partial charge in [-0.2, -0.15) is 4.98 Å². The van der Waals surface area contributed by atoms with Gasteiger partial charge in [-0.25, -0.2) is 0 Å². The Hall–Kier alpha value is -1.68. The van der Waals surface area contributed by atoms with Crippen LogP contribution in [0.4, 0.5) is 0 Å². The Kier molecular flexibility index (Phi) is 8.69. The highest BCUT2D eigenvalue weighted by molar-refractivity contribution is 5.58. The summed E-state index contributed by atoms with van der Waals surface area (Å²) in [6, 6.07) is 6.30. The zero-order valence-corrected chi connectivity index (χ0v) is 16.4. The number of rotatable bonds is 2. The molecule has 1 aromatic heterocycles. The van der Waals surface area contributed by atoms with Gasteiger partial charge in [-0.15, -0.1) is 0 Å². The first kappa shape index (κ1) is 20.4. The highest BCUT2D eigenvalue weighted by Gasteiger charge is 2.23. The summed E-state index contributed by atoms with van der Waals surface area (Å²) in [5.74, 6) is 1.96. The number of aryl methyl sites for hydroxylation is 2. The Morgan fingerprint density at radius 3 is 2.25 bits per heavy atom. The third-order valence-electron chi connectivity index (χ3n) is 4.14. The summed E-state index contributed by atoms with van der Waals surface area (Å²) in [6.45, 7) is 14.4.